The first-order chi connectivity index (χ1) is 15.1. The highest BCUT2D eigenvalue weighted by molar-refractivity contribution is 8.06. The van der Waals surface area contributed by atoms with Crippen LogP contribution in [0, 0.1) is 0 Å². The molecule has 0 spiro atoms. The van der Waals surface area contributed by atoms with Gasteiger partial charge in [-0.3, -0.25) is 0 Å². The van der Waals surface area contributed by atoms with Crippen molar-refractivity contribution in [3.8, 4) is 0 Å². The second kappa shape index (κ2) is 8.02. The smallest absolute Gasteiger partial charge is 0.0620 e. The molecule has 4 aromatic rings. The Labute approximate surface area is 188 Å². The van der Waals surface area contributed by atoms with Gasteiger partial charge >= 0.3 is 0 Å². The molecule has 0 saturated heterocycles. The van der Waals surface area contributed by atoms with Gasteiger partial charge in [-0.25, -0.2) is 0 Å². The van der Waals surface area contributed by atoms with E-state index < -0.39 is 14.5 Å². The molecule has 1 aliphatic rings. The Kier molecular flexibility index (Phi) is 5.34. The maximum Gasteiger partial charge on any atom is 0.196 e. The fourth-order valence-corrected chi connectivity index (χ4v) is 17.8. The highest BCUT2D eigenvalue weighted by atomic mass is 31.2. The predicted molar refractivity (Wildman–Crippen MR) is 142 cm³/mol. The van der Waals surface area contributed by atoms with E-state index in [2.05, 4.69) is 135 Å². The summed E-state index contributed by atoms with van der Waals surface area (Å²) in [6.45, 7) is 5.24. The zero-order chi connectivity index (χ0) is 21.4. The molecule has 1 aliphatic carbocycles. The number of benzene rings is 4. The number of hydrogen-bond donors (Lipinski definition) is 0. The van der Waals surface area contributed by atoms with E-state index in [4.69, 9.17) is 0 Å². The standard InChI is InChI=1S/C29H30P2/c1-30(25-15-7-3-8-16-25,26-17-9-4-10-18-26)29(23-24-29)31(2,27-19-11-5-12-20-27)28-21-13-6-14-22-28/h3-22H,23-24H2,1-2H3/q+2. The zero-order valence-corrected chi connectivity index (χ0v) is 20.1. The van der Waals surface area contributed by atoms with Gasteiger partial charge < -0.3 is 0 Å². The van der Waals surface area contributed by atoms with Gasteiger partial charge in [-0.15, -0.1) is 0 Å². The lowest BCUT2D eigenvalue weighted by Crippen LogP contribution is -2.40. The lowest BCUT2D eigenvalue weighted by atomic mass is 10.4. The van der Waals surface area contributed by atoms with Crippen LogP contribution in [-0.2, 0) is 0 Å². The second-order valence-electron chi connectivity index (χ2n) is 8.84. The van der Waals surface area contributed by atoms with Gasteiger partial charge in [0.05, 0.1) is 13.3 Å². The van der Waals surface area contributed by atoms with Crippen molar-refractivity contribution in [2.75, 3.05) is 13.3 Å². The van der Waals surface area contributed by atoms with E-state index >= 15 is 0 Å². The van der Waals surface area contributed by atoms with E-state index in [1.165, 1.54) is 34.1 Å². The van der Waals surface area contributed by atoms with Crippen LogP contribution < -0.4 is 21.2 Å². The van der Waals surface area contributed by atoms with Crippen molar-refractivity contribution in [1.82, 2.24) is 0 Å². The summed E-state index contributed by atoms with van der Waals surface area (Å²) >= 11 is 0. The van der Waals surface area contributed by atoms with E-state index in [9.17, 15) is 0 Å². The summed E-state index contributed by atoms with van der Waals surface area (Å²) in [7, 11) is -3.34. The quantitative estimate of drug-likeness (QED) is 0.319. The van der Waals surface area contributed by atoms with Crippen LogP contribution in [0.15, 0.2) is 121 Å². The monoisotopic (exact) mass is 440 g/mol. The average molecular weight is 441 g/mol. The van der Waals surface area contributed by atoms with Gasteiger partial charge in [0.1, 0.15) is 35.7 Å². The van der Waals surface area contributed by atoms with Crippen LogP contribution in [0.4, 0.5) is 0 Å². The Hall–Kier alpha value is -2.26. The molecule has 0 aliphatic heterocycles. The van der Waals surface area contributed by atoms with Crippen LogP contribution in [0.25, 0.3) is 0 Å². The molecule has 1 fully saturated rings. The van der Waals surface area contributed by atoms with Crippen LogP contribution >= 0.6 is 14.5 Å². The van der Waals surface area contributed by atoms with Crippen molar-refractivity contribution in [1.29, 1.82) is 0 Å². The van der Waals surface area contributed by atoms with Crippen molar-refractivity contribution >= 4 is 35.7 Å². The van der Waals surface area contributed by atoms with Gasteiger partial charge in [0.2, 0.25) is 0 Å². The molecule has 0 radical (unpaired) electrons. The van der Waals surface area contributed by atoms with E-state index in [-0.39, 0.29) is 0 Å². The van der Waals surface area contributed by atoms with Gasteiger partial charge in [0.15, 0.2) is 4.90 Å². The normalized spacial score (nSPS) is 15.4. The lowest BCUT2D eigenvalue weighted by Gasteiger charge is -2.39. The molecule has 4 aromatic carbocycles. The molecule has 31 heavy (non-hydrogen) atoms. The van der Waals surface area contributed by atoms with Crippen LogP contribution in [0.3, 0.4) is 0 Å². The number of hydrogen-bond acceptors (Lipinski definition) is 0. The summed E-state index contributed by atoms with van der Waals surface area (Å²) in [5.41, 5.74) is 0. The topological polar surface area (TPSA) is 0 Å². The minimum atomic E-state index is -1.67. The maximum atomic E-state index is 2.62. The average Bonchev–Trinajstić information content (AvgIpc) is 3.68. The molecule has 0 heterocycles. The fourth-order valence-electron chi connectivity index (χ4n) is 5.57. The van der Waals surface area contributed by atoms with Crippen LogP contribution in [-0.4, -0.2) is 18.2 Å². The third-order valence-corrected chi connectivity index (χ3v) is 19.4. The number of rotatable bonds is 6. The molecule has 0 nitrogen and oxygen atoms in total. The molecular weight excluding hydrogens is 410 g/mol. The summed E-state index contributed by atoms with van der Waals surface area (Å²) in [5.74, 6) is 0. The van der Waals surface area contributed by atoms with Crippen molar-refractivity contribution in [2.45, 2.75) is 17.7 Å². The van der Waals surface area contributed by atoms with Gasteiger partial charge in [-0.2, -0.15) is 0 Å². The first-order valence-electron chi connectivity index (χ1n) is 11.1. The van der Waals surface area contributed by atoms with Crippen LogP contribution in [0.5, 0.6) is 0 Å². The maximum absolute atomic E-state index is 2.62. The summed E-state index contributed by atoms with van der Waals surface area (Å²) < 4.78 is 0. The Bertz CT molecular complexity index is 965. The van der Waals surface area contributed by atoms with Crippen molar-refractivity contribution < 1.29 is 0 Å². The molecule has 0 aromatic heterocycles. The molecule has 1 saturated carbocycles. The SMILES string of the molecule is C[P+](c1ccccc1)(c1ccccc1)C1([P+](C)(c2ccccc2)c2ccccc2)CC1. The predicted octanol–water partition coefficient (Wildman–Crippen LogP) is 6.07. The van der Waals surface area contributed by atoms with E-state index in [1.54, 1.807) is 0 Å². The molecule has 0 unspecified atom stereocenters. The Balaban J connectivity index is 1.82. The van der Waals surface area contributed by atoms with Gasteiger partial charge in [-0.1, -0.05) is 72.8 Å². The first kappa shape index (κ1) is 20.6. The van der Waals surface area contributed by atoms with Gasteiger partial charge in [-0.05, 0) is 48.5 Å². The molecule has 0 amide bonds. The summed E-state index contributed by atoms with van der Waals surface area (Å²) in [6.07, 6.45) is 2.60. The highest BCUT2D eigenvalue weighted by Gasteiger charge is 2.80. The molecule has 0 bridgehead atoms. The van der Waals surface area contributed by atoms with Gasteiger partial charge in [0, 0.05) is 12.8 Å². The molecule has 2 heteroatoms. The summed E-state index contributed by atoms with van der Waals surface area (Å²) in [6, 6.07) is 45.6. The Morgan fingerprint density at radius 1 is 0.419 bits per heavy atom. The minimum Gasteiger partial charge on any atom is -0.0620 e. The Morgan fingerprint density at radius 2 is 0.645 bits per heavy atom. The zero-order valence-electron chi connectivity index (χ0n) is 18.4. The lowest BCUT2D eigenvalue weighted by molar-refractivity contribution is 1.30. The second-order valence-corrected chi connectivity index (χ2v) is 17.0. The minimum absolute atomic E-state index is 0.297. The molecular formula is C29H30P2+2. The van der Waals surface area contributed by atoms with Crippen molar-refractivity contribution in [2.24, 2.45) is 0 Å². The van der Waals surface area contributed by atoms with E-state index in [0.717, 1.165) is 0 Å². The third kappa shape index (κ3) is 3.12. The Morgan fingerprint density at radius 3 is 0.839 bits per heavy atom. The van der Waals surface area contributed by atoms with E-state index in [1.807, 2.05) is 0 Å². The molecule has 0 atom stereocenters. The van der Waals surface area contributed by atoms with Gasteiger partial charge in [0.25, 0.3) is 0 Å². The summed E-state index contributed by atoms with van der Waals surface area (Å²) in [5, 5.41) is 6.15. The first-order valence-corrected chi connectivity index (χ1v) is 15.6. The summed E-state index contributed by atoms with van der Waals surface area (Å²) in [4.78, 5) is 0.297. The molecule has 154 valence electrons. The van der Waals surface area contributed by atoms with E-state index in [0.29, 0.717) is 4.90 Å². The van der Waals surface area contributed by atoms with Crippen molar-refractivity contribution in [3.05, 3.63) is 121 Å². The third-order valence-electron chi connectivity index (χ3n) is 7.45. The largest absolute Gasteiger partial charge is 0.196 e. The van der Waals surface area contributed by atoms with Crippen molar-refractivity contribution in [3.63, 3.8) is 0 Å². The molecule has 5 rings (SSSR count). The highest BCUT2D eigenvalue weighted by Crippen LogP contribution is 2.91. The van der Waals surface area contributed by atoms with Crippen LogP contribution in [0.1, 0.15) is 12.8 Å². The molecule has 0 N–H and O–H groups in total. The fraction of sp³-hybridized carbons (Fsp3) is 0.172. The van der Waals surface area contributed by atoms with Crippen LogP contribution in [0.2, 0.25) is 0 Å².